The molecule has 2 N–H and O–H groups in total. The molecule has 3 rings (SSSR count). The molecule has 1 unspecified atom stereocenters. The van der Waals surface area contributed by atoms with Gasteiger partial charge in [0.25, 0.3) is 0 Å². The minimum atomic E-state index is -0.599. The molecule has 1 aromatic carbocycles. The molecular weight excluding hydrogens is 306 g/mol. The van der Waals surface area contributed by atoms with Crippen LogP contribution in [0.1, 0.15) is 37.1 Å². The first-order chi connectivity index (χ1) is 11.5. The van der Waals surface area contributed by atoms with Crippen LogP contribution in [-0.4, -0.2) is 34.0 Å². The summed E-state index contributed by atoms with van der Waals surface area (Å²) in [7, 11) is 1.74. The molecule has 2 heterocycles. The number of amides is 1. The summed E-state index contributed by atoms with van der Waals surface area (Å²) in [5.74, 6) is 0.0422. The van der Waals surface area contributed by atoms with Crippen LogP contribution in [0.4, 0.5) is 0 Å². The summed E-state index contributed by atoms with van der Waals surface area (Å²) < 4.78 is 7.01. The van der Waals surface area contributed by atoms with E-state index in [0.717, 1.165) is 5.56 Å². The van der Waals surface area contributed by atoms with Crippen LogP contribution in [0, 0.1) is 0 Å². The molecule has 0 bridgehead atoms. The second-order valence-electron chi connectivity index (χ2n) is 6.33. The first kappa shape index (κ1) is 16.5. The molecule has 2 aromatic rings. The minimum absolute atomic E-state index is 0.0467. The molecule has 1 aliphatic heterocycles. The zero-order chi connectivity index (χ0) is 17.2. The molecule has 128 valence electrons. The predicted molar refractivity (Wildman–Crippen MR) is 89.6 cm³/mol. The lowest BCUT2D eigenvalue weighted by Crippen LogP contribution is -2.48. The van der Waals surface area contributed by atoms with Crippen LogP contribution in [-0.2, 0) is 22.0 Å². The fourth-order valence-electron chi connectivity index (χ4n) is 3.33. The van der Waals surface area contributed by atoms with Gasteiger partial charge >= 0.3 is 0 Å². The van der Waals surface area contributed by atoms with Crippen molar-refractivity contribution in [2.75, 3.05) is 13.2 Å². The number of carbonyl (C=O) groups excluding carboxylic acids is 1. The van der Waals surface area contributed by atoms with Gasteiger partial charge in [0.2, 0.25) is 5.91 Å². The van der Waals surface area contributed by atoms with Gasteiger partial charge in [0.15, 0.2) is 5.75 Å². The molecule has 1 saturated heterocycles. The number of hydrogen-bond donors (Lipinski definition) is 2. The van der Waals surface area contributed by atoms with Crippen molar-refractivity contribution in [1.82, 2.24) is 15.1 Å². The Bertz CT molecular complexity index is 706. The second kappa shape index (κ2) is 6.65. The summed E-state index contributed by atoms with van der Waals surface area (Å²) in [6, 6.07) is 9.47. The molecule has 1 atom stereocenters. The largest absolute Gasteiger partial charge is 0.504 e. The molecule has 0 aliphatic carbocycles. The molecule has 0 spiro atoms. The number of hydrogen-bond acceptors (Lipinski definition) is 4. The van der Waals surface area contributed by atoms with E-state index in [1.165, 1.54) is 10.9 Å². The van der Waals surface area contributed by atoms with Crippen molar-refractivity contribution >= 4 is 5.91 Å². The first-order valence-electron chi connectivity index (χ1n) is 8.20. The summed E-state index contributed by atoms with van der Waals surface area (Å²) in [6.45, 7) is 2.95. The lowest BCUT2D eigenvalue weighted by atomic mass is 9.73. The average Bonchev–Trinajstić information content (AvgIpc) is 2.94. The highest BCUT2D eigenvalue weighted by Gasteiger charge is 2.42. The Morgan fingerprint density at radius 1 is 1.33 bits per heavy atom. The van der Waals surface area contributed by atoms with Crippen LogP contribution in [0.5, 0.6) is 5.75 Å². The number of ether oxygens (including phenoxy) is 1. The Morgan fingerprint density at radius 3 is 2.58 bits per heavy atom. The van der Waals surface area contributed by atoms with Gasteiger partial charge in [-0.05, 0) is 25.3 Å². The van der Waals surface area contributed by atoms with Gasteiger partial charge in [0, 0.05) is 20.3 Å². The predicted octanol–water partition coefficient (Wildman–Crippen LogP) is 2.05. The van der Waals surface area contributed by atoms with Crippen LogP contribution in [0.15, 0.2) is 36.5 Å². The number of aromatic nitrogens is 2. The smallest absolute Gasteiger partial charge is 0.231 e. The summed E-state index contributed by atoms with van der Waals surface area (Å²) in [4.78, 5) is 13.1. The van der Waals surface area contributed by atoms with E-state index in [1.54, 1.807) is 7.05 Å². The summed E-state index contributed by atoms with van der Waals surface area (Å²) in [5.41, 5.74) is 0.877. The van der Waals surface area contributed by atoms with E-state index in [0.29, 0.717) is 31.7 Å². The maximum absolute atomic E-state index is 13.1. The highest BCUT2D eigenvalue weighted by molar-refractivity contribution is 5.88. The molecule has 24 heavy (non-hydrogen) atoms. The van der Waals surface area contributed by atoms with E-state index >= 15 is 0 Å². The lowest BCUT2D eigenvalue weighted by Gasteiger charge is -2.37. The van der Waals surface area contributed by atoms with Gasteiger partial charge in [-0.2, -0.15) is 5.10 Å². The number of carbonyl (C=O) groups is 1. The van der Waals surface area contributed by atoms with E-state index in [2.05, 4.69) is 10.4 Å². The van der Waals surface area contributed by atoms with Gasteiger partial charge in [0.1, 0.15) is 5.69 Å². The number of nitrogens with one attached hydrogen (secondary N) is 1. The van der Waals surface area contributed by atoms with Crippen LogP contribution >= 0.6 is 0 Å². The highest BCUT2D eigenvalue weighted by atomic mass is 16.5. The normalized spacial score (nSPS) is 18.1. The summed E-state index contributed by atoms with van der Waals surface area (Å²) >= 11 is 0. The molecular formula is C18H23N3O3. The van der Waals surface area contributed by atoms with E-state index in [-0.39, 0.29) is 17.7 Å². The average molecular weight is 329 g/mol. The molecule has 6 heteroatoms. The zero-order valence-corrected chi connectivity index (χ0v) is 14.0. The van der Waals surface area contributed by atoms with Crippen molar-refractivity contribution in [3.63, 3.8) is 0 Å². The third-order valence-corrected chi connectivity index (χ3v) is 4.70. The minimum Gasteiger partial charge on any atom is -0.504 e. The molecule has 0 radical (unpaired) electrons. The third kappa shape index (κ3) is 3.01. The van der Waals surface area contributed by atoms with Crippen molar-refractivity contribution in [2.45, 2.75) is 31.2 Å². The number of rotatable bonds is 4. The monoisotopic (exact) mass is 329 g/mol. The van der Waals surface area contributed by atoms with Crippen LogP contribution < -0.4 is 5.32 Å². The quantitative estimate of drug-likeness (QED) is 0.900. The topological polar surface area (TPSA) is 76.4 Å². The summed E-state index contributed by atoms with van der Waals surface area (Å²) in [6.07, 6.45) is 2.81. The summed E-state index contributed by atoms with van der Waals surface area (Å²) in [5, 5.41) is 17.2. The number of nitrogens with zero attached hydrogens (tertiary/aromatic N) is 2. The van der Waals surface area contributed by atoms with Crippen molar-refractivity contribution in [3.8, 4) is 5.75 Å². The van der Waals surface area contributed by atoms with E-state index < -0.39 is 5.41 Å². The van der Waals surface area contributed by atoms with Gasteiger partial charge in [-0.15, -0.1) is 0 Å². The van der Waals surface area contributed by atoms with Gasteiger partial charge in [0.05, 0.1) is 17.7 Å². The Morgan fingerprint density at radius 2 is 2.00 bits per heavy atom. The molecule has 1 amide bonds. The fourth-order valence-corrected chi connectivity index (χ4v) is 3.33. The number of benzene rings is 1. The molecule has 0 saturated carbocycles. The van der Waals surface area contributed by atoms with Crippen molar-refractivity contribution in [1.29, 1.82) is 0 Å². The maximum atomic E-state index is 13.1. The number of aromatic hydroxyl groups is 1. The van der Waals surface area contributed by atoms with Gasteiger partial charge in [-0.1, -0.05) is 30.3 Å². The van der Waals surface area contributed by atoms with Crippen LogP contribution in [0.2, 0.25) is 0 Å². The van der Waals surface area contributed by atoms with Crippen molar-refractivity contribution < 1.29 is 14.6 Å². The maximum Gasteiger partial charge on any atom is 0.231 e. The standard InChI is InChI=1S/C18H23N3O3/c1-13(16-15(22)12-21(2)20-16)19-17(23)18(8-10-24-11-9-18)14-6-4-3-5-7-14/h3-7,12-13,22H,8-11H2,1-2H3,(H,19,23). The van der Waals surface area contributed by atoms with E-state index in [4.69, 9.17) is 4.74 Å². The second-order valence-corrected chi connectivity index (χ2v) is 6.33. The van der Waals surface area contributed by atoms with E-state index in [9.17, 15) is 9.90 Å². The fraction of sp³-hybridized carbons (Fsp3) is 0.444. The molecule has 6 nitrogen and oxygen atoms in total. The number of aryl methyl sites for hydroxylation is 1. The van der Waals surface area contributed by atoms with Gasteiger partial charge in [-0.25, -0.2) is 0 Å². The Kier molecular flexibility index (Phi) is 4.57. The SMILES string of the molecule is CC(NC(=O)C1(c2ccccc2)CCOCC1)c1nn(C)cc1O. The molecule has 1 fully saturated rings. The highest BCUT2D eigenvalue weighted by Crippen LogP contribution is 2.36. The third-order valence-electron chi connectivity index (χ3n) is 4.70. The van der Waals surface area contributed by atoms with Gasteiger partial charge < -0.3 is 15.2 Å². The zero-order valence-electron chi connectivity index (χ0n) is 14.0. The van der Waals surface area contributed by atoms with Crippen molar-refractivity contribution in [3.05, 3.63) is 47.8 Å². The Balaban J connectivity index is 1.86. The molecule has 1 aromatic heterocycles. The first-order valence-corrected chi connectivity index (χ1v) is 8.20. The Labute approximate surface area is 141 Å². The lowest BCUT2D eigenvalue weighted by molar-refractivity contribution is -0.131. The van der Waals surface area contributed by atoms with Crippen molar-refractivity contribution in [2.24, 2.45) is 7.05 Å². The van der Waals surface area contributed by atoms with Gasteiger partial charge in [-0.3, -0.25) is 9.48 Å². The van der Waals surface area contributed by atoms with E-state index in [1.807, 2.05) is 37.3 Å². The van der Waals surface area contributed by atoms with Crippen LogP contribution in [0.3, 0.4) is 0 Å². The van der Waals surface area contributed by atoms with Crippen LogP contribution in [0.25, 0.3) is 0 Å². The molecule has 1 aliphatic rings. The Hall–Kier alpha value is -2.34.